The number of guanidine groups is 1. The Morgan fingerprint density at radius 3 is 2.52 bits per heavy atom. The first-order chi connectivity index (χ1) is 9.78. The van der Waals surface area contributed by atoms with Crippen molar-refractivity contribution in [1.29, 1.82) is 0 Å². The van der Waals surface area contributed by atoms with Crippen molar-refractivity contribution in [3.05, 3.63) is 0 Å². The lowest BCUT2D eigenvalue weighted by Crippen LogP contribution is -2.42. The summed E-state index contributed by atoms with van der Waals surface area (Å²) in [5.74, 6) is 1.02. The van der Waals surface area contributed by atoms with Crippen LogP contribution in [0.1, 0.15) is 58.8 Å². The van der Waals surface area contributed by atoms with Crippen LogP contribution in [0.5, 0.6) is 0 Å². The first-order valence-electron chi connectivity index (χ1n) is 8.40. The molecule has 0 radical (unpaired) electrons. The number of ether oxygens (including phenoxy) is 1. The van der Waals surface area contributed by atoms with Gasteiger partial charge in [0, 0.05) is 32.3 Å². The van der Waals surface area contributed by atoms with E-state index in [1.54, 1.807) is 0 Å². The molecule has 2 aliphatic carbocycles. The Labute approximate surface area is 146 Å². The fourth-order valence-corrected chi connectivity index (χ4v) is 2.93. The highest BCUT2D eigenvalue weighted by Gasteiger charge is 2.41. The van der Waals surface area contributed by atoms with E-state index in [4.69, 9.17) is 9.73 Å². The number of rotatable bonds is 8. The van der Waals surface area contributed by atoms with Crippen LogP contribution in [-0.4, -0.2) is 38.3 Å². The van der Waals surface area contributed by atoms with E-state index in [0.717, 1.165) is 38.7 Å². The molecule has 2 saturated carbocycles. The zero-order valence-electron chi connectivity index (χ0n) is 13.6. The lowest BCUT2D eigenvalue weighted by Gasteiger charge is -2.18. The van der Waals surface area contributed by atoms with Gasteiger partial charge in [-0.2, -0.15) is 0 Å². The Kier molecular flexibility index (Phi) is 8.94. The van der Waals surface area contributed by atoms with Gasteiger partial charge in [-0.3, -0.25) is 4.99 Å². The number of nitrogens with zero attached hydrogens (tertiary/aromatic N) is 1. The summed E-state index contributed by atoms with van der Waals surface area (Å²) >= 11 is 0. The van der Waals surface area contributed by atoms with Crippen LogP contribution in [0.3, 0.4) is 0 Å². The third-order valence-corrected chi connectivity index (χ3v) is 4.55. The van der Waals surface area contributed by atoms with E-state index < -0.39 is 0 Å². The van der Waals surface area contributed by atoms with E-state index in [9.17, 15) is 0 Å². The summed E-state index contributed by atoms with van der Waals surface area (Å²) in [6.45, 7) is 7.79. The molecule has 0 unspecified atom stereocenters. The number of nitrogens with one attached hydrogen (secondary N) is 2. The van der Waals surface area contributed by atoms with Crippen LogP contribution < -0.4 is 10.6 Å². The number of hydrogen-bond donors (Lipinski definition) is 2. The molecule has 0 aliphatic heterocycles. The molecule has 2 rings (SSSR count). The summed E-state index contributed by atoms with van der Waals surface area (Å²) in [6, 6.07) is 0.631. The lowest BCUT2D eigenvalue weighted by atomic mass is 10.0. The van der Waals surface area contributed by atoms with Gasteiger partial charge in [0.1, 0.15) is 0 Å². The third-order valence-electron chi connectivity index (χ3n) is 4.55. The fraction of sp³-hybridized carbons (Fsp3) is 0.938. The number of halogens is 1. The van der Waals surface area contributed by atoms with E-state index >= 15 is 0 Å². The molecule has 2 aliphatic rings. The molecule has 0 spiro atoms. The van der Waals surface area contributed by atoms with E-state index in [0.29, 0.717) is 11.5 Å². The quantitative estimate of drug-likeness (QED) is 0.280. The Morgan fingerprint density at radius 1 is 1.24 bits per heavy atom. The molecule has 21 heavy (non-hydrogen) atoms. The summed E-state index contributed by atoms with van der Waals surface area (Å²) in [6.07, 6.45) is 9.08. The van der Waals surface area contributed by atoms with E-state index in [1.165, 1.54) is 38.5 Å². The van der Waals surface area contributed by atoms with Crippen LogP contribution in [0, 0.1) is 5.41 Å². The fourth-order valence-electron chi connectivity index (χ4n) is 2.93. The standard InChI is InChI=1S/C16H31N3O.HI/c1-3-17-15(19-14-7-5-6-8-14)18-13-16(9-10-16)11-12-20-4-2;/h14H,3-13H2,1-2H3,(H2,17,18,19);1H. The first-order valence-corrected chi connectivity index (χ1v) is 8.40. The Morgan fingerprint density at radius 2 is 1.95 bits per heavy atom. The lowest BCUT2D eigenvalue weighted by molar-refractivity contribution is 0.129. The molecule has 5 heteroatoms. The van der Waals surface area contributed by atoms with Crippen molar-refractivity contribution in [2.24, 2.45) is 10.4 Å². The van der Waals surface area contributed by atoms with Gasteiger partial charge in [-0.15, -0.1) is 24.0 Å². The SMILES string of the molecule is CCNC(=NCC1(CCOCC)CC1)NC1CCCC1.I. The van der Waals surface area contributed by atoms with Gasteiger partial charge in [0.25, 0.3) is 0 Å². The smallest absolute Gasteiger partial charge is 0.191 e. The molecular weight excluding hydrogens is 377 g/mol. The highest BCUT2D eigenvalue weighted by Crippen LogP contribution is 2.49. The summed E-state index contributed by atoms with van der Waals surface area (Å²) in [5, 5.41) is 6.98. The molecule has 0 bridgehead atoms. The van der Waals surface area contributed by atoms with E-state index in [2.05, 4.69) is 24.5 Å². The monoisotopic (exact) mass is 409 g/mol. The van der Waals surface area contributed by atoms with Gasteiger partial charge in [0.05, 0.1) is 0 Å². The molecule has 0 atom stereocenters. The van der Waals surface area contributed by atoms with Crippen molar-refractivity contribution in [3.63, 3.8) is 0 Å². The second-order valence-corrected chi connectivity index (χ2v) is 6.27. The van der Waals surface area contributed by atoms with Crippen molar-refractivity contribution in [2.75, 3.05) is 26.3 Å². The van der Waals surface area contributed by atoms with Gasteiger partial charge in [-0.05, 0) is 51.4 Å². The second kappa shape index (κ2) is 9.87. The van der Waals surface area contributed by atoms with Gasteiger partial charge in [0.2, 0.25) is 0 Å². The topological polar surface area (TPSA) is 45.7 Å². The number of aliphatic imine (C=N–C) groups is 1. The highest BCUT2D eigenvalue weighted by molar-refractivity contribution is 14.0. The number of hydrogen-bond acceptors (Lipinski definition) is 2. The van der Waals surface area contributed by atoms with E-state index in [-0.39, 0.29) is 24.0 Å². The third kappa shape index (κ3) is 6.72. The maximum absolute atomic E-state index is 5.49. The largest absolute Gasteiger partial charge is 0.382 e. The van der Waals surface area contributed by atoms with Gasteiger partial charge < -0.3 is 15.4 Å². The molecule has 0 amide bonds. The Bertz CT molecular complexity index is 313. The van der Waals surface area contributed by atoms with Gasteiger partial charge in [-0.1, -0.05) is 12.8 Å². The molecule has 2 fully saturated rings. The van der Waals surface area contributed by atoms with Gasteiger partial charge in [-0.25, -0.2) is 0 Å². The van der Waals surface area contributed by atoms with Crippen molar-refractivity contribution in [2.45, 2.75) is 64.8 Å². The van der Waals surface area contributed by atoms with Crippen LogP contribution in [0.15, 0.2) is 4.99 Å². The Hall–Kier alpha value is -0.0400. The normalized spacial score (nSPS) is 21.0. The second-order valence-electron chi connectivity index (χ2n) is 6.27. The molecule has 124 valence electrons. The van der Waals surface area contributed by atoms with Crippen LogP contribution in [-0.2, 0) is 4.74 Å². The average molecular weight is 409 g/mol. The van der Waals surface area contributed by atoms with Gasteiger partial charge >= 0.3 is 0 Å². The van der Waals surface area contributed by atoms with Crippen molar-refractivity contribution in [3.8, 4) is 0 Å². The molecule has 0 heterocycles. The highest BCUT2D eigenvalue weighted by atomic mass is 127. The van der Waals surface area contributed by atoms with Crippen LogP contribution in [0.2, 0.25) is 0 Å². The maximum Gasteiger partial charge on any atom is 0.191 e. The molecule has 0 saturated heterocycles. The first kappa shape index (κ1) is 19.0. The van der Waals surface area contributed by atoms with Crippen molar-refractivity contribution >= 4 is 29.9 Å². The van der Waals surface area contributed by atoms with Crippen LogP contribution in [0.25, 0.3) is 0 Å². The maximum atomic E-state index is 5.49. The van der Waals surface area contributed by atoms with Crippen molar-refractivity contribution < 1.29 is 4.74 Å². The van der Waals surface area contributed by atoms with Crippen LogP contribution >= 0.6 is 24.0 Å². The Balaban J connectivity index is 0.00000220. The minimum absolute atomic E-state index is 0. The molecule has 0 aromatic heterocycles. The minimum atomic E-state index is 0. The zero-order chi connectivity index (χ0) is 14.3. The summed E-state index contributed by atoms with van der Waals surface area (Å²) < 4.78 is 5.49. The van der Waals surface area contributed by atoms with E-state index in [1.807, 2.05) is 0 Å². The molecule has 4 nitrogen and oxygen atoms in total. The average Bonchev–Trinajstić information content (AvgIpc) is 3.02. The zero-order valence-corrected chi connectivity index (χ0v) is 15.9. The van der Waals surface area contributed by atoms with Crippen molar-refractivity contribution in [1.82, 2.24) is 10.6 Å². The minimum Gasteiger partial charge on any atom is -0.382 e. The summed E-state index contributed by atoms with van der Waals surface area (Å²) in [4.78, 5) is 4.83. The van der Waals surface area contributed by atoms with Gasteiger partial charge in [0.15, 0.2) is 5.96 Å². The molecular formula is C16H32IN3O. The molecule has 2 N–H and O–H groups in total. The molecule has 0 aromatic carbocycles. The predicted octanol–water partition coefficient (Wildman–Crippen LogP) is 3.31. The summed E-state index contributed by atoms with van der Waals surface area (Å²) in [5.41, 5.74) is 0.438. The van der Waals surface area contributed by atoms with Crippen LogP contribution in [0.4, 0.5) is 0 Å². The predicted molar refractivity (Wildman–Crippen MR) is 99.6 cm³/mol. The summed E-state index contributed by atoms with van der Waals surface area (Å²) in [7, 11) is 0. The molecule has 0 aromatic rings.